The molecule has 1 saturated carbocycles. The van der Waals surface area contributed by atoms with Gasteiger partial charge in [-0.25, -0.2) is 0 Å². The minimum absolute atomic E-state index is 0.0151. The number of carbonyl (C=O) groups excluding carboxylic acids is 1. The molecule has 3 atom stereocenters. The minimum Gasteiger partial charge on any atom is -0.481 e. The summed E-state index contributed by atoms with van der Waals surface area (Å²) < 4.78 is 0. The van der Waals surface area contributed by atoms with Crippen molar-refractivity contribution in [1.29, 1.82) is 0 Å². The van der Waals surface area contributed by atoms with Gasteiger partial charge in [0, 0.05) is 12.5 Å². The van der Waals surface area contributed by atoms with Gasteiger partial charge in [0.1, 0.15) is 0 Å². The average Bonchev–Trinajstić information content (AvgIpc) is 2.61. The molecule has 0 spiro atoms. The fraction of sp³-hybridized carbons (Fsp3) is 0.846. The fourth-order valence-electron chi connectivity index (χ4n) is 2.37. The van der Waals surface area contributed by atoms with E-state index in [-0.39, 0.29) is 11.9 Å². The van der Waals surface area contributed by atoms with Crippen LogP contribution in [0.3, 0.4) is 0 Å². The number of hydrogen-bond acceptors (Lipinski definition) is 2. The lowest BCUT2D eigenvalue weighted by Crippen LogP contribution is -2.47. The Balaban J connectivity index is 2.56. The van der Waals surface area contributed by atoms with Gasteiger partial charge in [-0.1, -0.05) is 26.7 Å². The molecular formula is C13H23NO3. The Hall–Kier alpha value is -1.06. The Labute approximate surface area is 103 Å². The standard InChI is InChI=1S/C13H23NO3/c1-4-9(2)8-11(15)14-10-6-5-7-13(10,3)12(16)17/h9-10H,4-8H2,1-3H3,(H,14,15)(H,16,17). The first kappa shape index (κ1) is 14.0. The van der Waals surface area contributed by atoms with E-state index in [1.165, 1.54) is 0 Å². The lowest BCUT2D eigenvalue weighted by atomic mass is 9.84. The summed E-state index contributed by atoms with van der Waals surface area (Å²) >= 11 is 0. The lowest BCUT2D eigenvalue weighted by Gasteiger charge is -2.28. The molecule has 0 aromatic heterocycles. The van der Waals surface area contributed by atoms with E-state index in [2.05, 4.69) is 12.2 Å². The summed E-state index contributed by atoms with van der Waals surface area (Å²) in [7, 11) is 0. The van der Waals surface area contributed by atoms with Gasteiger partial charge < -0.3 is 10.4 Å². The van der Waals surface area contributed by atoms with Crippen molar-refractivity contribution in [2.75, 3.05) is 0 Å². The third-order valence-corrected chi connectivity index (χ3v) is 4.01. The normalized spacial score (nSPS) is 29.9. The van der Waals surface area contributed by atoms with Gasteiger partial charge >= 0.3 is 5.97 Å². The first-order chi connectivity index (χ1) is 7.90. The predicted octanol–water partition coefficient (Wildman–Crippen LogP) is 2.18. The molecule has 0 aliphatic heterocycles. The molecule has 0 saturated heterocycles. The van der Waals surface area contributed by atoms with E-state index in [1.54, 1.807) is 6.92 Å². The van der Waals surface area contributed by atoms with Crippen molar-refractivity contribution in [3.05, 3.63) is 0 Å². The molecule has 0 heterocycles. The highest BCUT2D eigenvalue weighted by Gasteiger charge is 2.45. The van der Waals surface area contributed by atoms with Crippen LogP contribution in [0.5, 0.6) is 0 Å². The van der Waals surface area contributed by atoms with Crippen molar-refractivity contribution >= 4 is 11.9 Å². The molecule has 3 unspecified atom stereocenters. The predicted molar refractivity (Wildman–Crippen MR) is 65.6 cm³/mol. The van der Waals surface area contributed by atoms with Crippen molar-refractivity contribution in [3.8, 4) is 0 Å². The van der Waals surface area contributed by atoms with Gasteiger partial charge in [0.25, 0.3) is 0 Å². The molecule has 0 aromatic carbocycles. The van der Waals surface area contributed by atoms with Crippen molar-refractivity contribution in [1.82, 2.24) is 5.32 Å². The smallest absolute Gasteiger partial charge is 0.311 e. The summed E-state index contributed by atoms with van der Waals surface area (Å²) in [6.45, 7) is 5.82. The van der Waals surface area contributed by atoms with Crippen LogP contribution in [-0.2, 0) is 9.59 Å². The van der Waals surface area contributed by atoms with Gasteiger partial charge in [-0.15, -0.1) is 0 Å². The average molecular weight is 241 g/mol. The molecule has 4 heteroatoms. The first-order valence-electron chi connectivity index (χ1n) is 6.43. The molecule has 98 valence electrons. The van der Waals surface area contributed by atoms with Gasteiger partial charge in [-0.2, -0.15) is 0 Å². The summed E-state index contributed by atoms with van der Waals surface area (Å²) in [4.78, 5) is 23.0. The van der Waals surface area contributed by atoms with Gasteiger partial charge in [-0.3, -0.25) is 9.59 Å². The van der Waals surface area contributed by atoms with E-state index < -0.39 is 11.4 Å². The summed E-state index contributed by atoms with van der Waals surface area (Å²) in [6, 6.07) is -0.212. The van der Waals surface area contributed by atoms with Crippen molar-refractivity contribution in [3.63, 3.8) is 0 Å². The largest absolute Gasteiger partial charge is 0.481 e. The molecule has 0 bridgehead atoms. The molecule has 0 radical (unpaired) electrons. The SMILES string of the molecule is CCC(C)CC(=O)NC1CCCC1(C)C(=O)O. The van der Waals surface area contributed by atoms with Crippen LogP contribution < -0.4 is 5.32 Å². The number of carboxylic acids is 1. The van der Waals surface area contributed by atoms with Crippen LogP contribution in [0.4, 0.5) is 0 Å². The Bertz CT molecular complexity index is 303. The molecule has 1 rings (SSSR count). The Morgan fingerprint density at radius 2 is 2.18 bits per heavy atom. The zero-order valence-corrected chi connectivity index (χ0v) is 11.0. The number of hydrogen-bond donors (Lipinski definition) is 2. The van der Waals surface area contributed by atoms with Gasteiger partial charge in [0.15, 0.2) is 0 Å². The molecule has 1 aliphatic carbocycles. The maximum Gasteiger partial charge on any atom is 0.311 e. The number of aliphatic carboxylic acids is 1. The Morgan fingerprint density at radius 1 is 1.53 bits per heavy atom. The van der Waals surface area contributed by atoms with Crippen LogP contribution in [-0.4, -0.2) is 23.0 Å². The molecule has 4 nitrogen and oxygen atoms in total. The molecule has 1 aliphatic rings. The van der Waals surface area contributed by atoms with Crippen LogP contribution in [0, 0.1) is 11.3 Å². The first-order valence-corrected chi connectivity index (χ1v) is 6.43. The second-order valence-corrected chi connectivity index (χ2v) is 5.45. The highest BCUT2D eigenvalue weighted by molar-refractivity contribution is 5.80. The van der Waals surface area contributed by atoms with Crippen LogP contribution in [0.1, 0.15) is 52.9 Å². The molecule has 17 heavy (non-hydrogen) atoms. The monoisotopic (exact) mass is 241 g/mol. The second kappa shape index (κ2) is 5.52. The van der Waals surface area contributed by atoms with Crippen LogP contribution in [0.25, 0.3) is 0 Å². The highest BCUT2D eigenvalue weighted by Crippen LogP contribution is 2.38. The summed E-state index contributed by atoms with van der Waals surface area (Å²) in [5, 5.41) is 12.1. The topological polar surface area (TPSA) is 66.4 Å². The molecule has 2 N–H and O–H groups in total. The number of amides is 1. The third-order valence-electron chi connectivity index (χ3n) is 4.01. The lowest BCUT2D eigenvalue weighted by molar-refractivity contribution is -0.149. The molecular weight excluding hydrogens is 218 g/mol. The second-order valence-electron chi connectivity index (χ2n) is 5.45. The number of rotatable bonds is 5. The van der Waals surface area contributed by atoms with E-state index in [0.717, 1.165) is 19.3 Å². The maximum atomic E-state index is 11.8. The van der Waals surface area contributed by atoms with Crippen LogP contribution in [0.2, 0.25) is 0 Å². The van der Waals surface area contributed by atoms with Crippen molar-refractivity contribution in [2.24, 2.45) is 11.3 Å². The molecule has 1 amide bonds. The van der Waals surface area contributed by atoms with Gasteiger partial charge in [-0.05, 0) is 25.7 Å². The van der Waals surface area contributed by atoms with Crippen LogP contribution in [0.15, 0.2) is 0 Å². The van der Waals surface area contributed by atoms with Gasteiger partial charge in [0.05, 0.1) is 5.41 Å². The molecule has 1 fully saturated rings. The van der Waals surface area contributed by atoms with E-state index in [9.17, 15) is 14.7 Å². The van der Waals surface area contributed by atoms with Crippen molar-refractivity contribution in [2.45, 2.75) is 58.9 Å². The van der Waals surface area contributed by atoms with Gasteiger partial charge in [0.2, 0.25) is 5.91 Å². The van der Waals surface area contributed by atoms with E-state index in [0.29, 0.717) is 18.8 Å². The maximum absolute atomic E-state index is 11.8. The van der Waals surface area contributed by atoms with E-state index >= 15 is 0 Å². The number of carbonyl (C=O) groups is 2. The van der Waals surface area contributed by atoms with Crippen LogP contribution >= 0.6 is 0 Å². The van der Waals surface area contributed by atoms with E-state index in [4.69, 9.17) is 0 Å². The van der Waals surface area contributed by atoms with E-state index in [1.807, 2.05) is 6.92 Å². The summed E-state index contributed by atoms with van der Waals surface area (Å²) in [6.07, 6.45) is 3.75. The fourth-order valence-corrected chi connectivity index (χ4v) is 2.37. The Kier molecular flexibility index (Phi) is 4.54. The quantitative estimate of drug-likeness (QED) is 0.775. The number of nitrogens with one attached hydrogen (secondary N) is 1. The summed E-state index contributed by atoms with van der Waals surface area (Å²) in [5.41, 5.74) is -0.787. The zero-order valence-electron chi connectivity index (χ0n) is 11.0. The highest BCUT2D eigenvalue weighted by atomic mass is 16.4. The minimum atomic E-state index is -0.802. The third kappa shape index (κ3) is 3.20. The molecule has 0 aromatic rings. The summed E-state index contributed by atoms with van der Waals surface area (Å²) in [5.74, 6) is -0.463. The Morgan fingerprint density at radius 3 is 2.71 bits per heavy atom. The zero-order chi connectivity index (χ0) is 13.1. The number of carboxylic acid groups (broad SMARTS) is 1. The van der Waals surface area contributed by atoms with Crippen molar-refractivity contribution < 1.29 is 14.7 Å².